The quantitative estimate of drug-likeness (QED) is 0.718. The van der Waals surface area contributed by atoms with Crippen molar-refractivity contribution in [3.63, 3.8) is 0 Å². The van der Waals surface area contributed by atoms with Gasteiger partial charge in [0.1, 0.15) is 12.2 Å². The minimum absolute atomic E-state index is 0.0666. The number of thiophene rings is 1. The summed E-state index contributed by atoms with van der Waals surface area (Å²) in [5, 5.41) is 9.39. The summed E-state index contributed by atoms with van der Waals surface area (Å²) < 4.78 is 6.84. The molecule has 6 heteroatoms. The van der Waals surface area contributed by atoms with Crippen LogP contribution in [0.25, 0.3) is 10.6 Å². The van der Waals surface area contributed by atoms with Crippen LogP contribution in [0.5, 0.6) is 0 Å². The van der Waals surface area contributed by atoms with Crippen LogP contribution < -0.4 is 5.32 Å². The molecule has 0 radical (unpaired) electrons. The molecule has 0 atom stereocenters. The lowest BCUT2D eigenvalue weighted by Gasteiger charge is -2.10. The molecule has 0 aliphatic heterocycles. The number of hydrogen-bond donors (Lipinski definition) is 1. The van der Waals surface area contributed by atoms with Crippen molar-refractivity contribution in [2.45, 2.75) is 19.7 Å². The molecule has 2 heterocycles. The minimum Gasteiger partial charge on any atom is -0.380 e. The molecule has 0 aliphatic rings. The highest BCUT2D eigenvalue weighted by atomic mass is 32.1. The molecule has 0 saturated carbocycles. The second kappa shape index (κ2) is 7.90. The molecular weight excluding hydrogens is 322 g/mol. The fraction of sp³-hybridized carbons (Fsp3) is 0.222. The lowest BCUT2D eigenvalue weighted by molar-refractivity contribution is -0.122. The summed E-state index contributed by atoms with van der Waals surface area (Å²) in [6, 6.07) is 13.9. The molecule has 0 spiro atoms. The lowest BCUT2D eigenvalue weighted by atomic mass is 10.1. The summed E-state index contributed by atoms with van der Waals surface area (Å²) in [5.74, 6) is -0.0666. The first-order valence-corrected chi connectivity index (χ1v) is 8.54. The van der Waals surface area contributed by atoms with Crippen molar-refractivity contribution >= 4 is 17.2 Å². The zero-order valence-electron chi connectivity index (χ0n) is 13.4. The molecular formula is C18H19N3O2S. The lowest BCUT2D eigenvalue weighted by Crippen LogP contribution is -2.27. The average Bonchev–Trinajstić information content (AvgIpc) is 3.25. The summed E-state index contributed by atoms with van der Waals surface area (Å²) in [6.07, 6.45) is 1.83. The topological polar surface area (TPSA) is 56.1 Å². The highest BCUT2D eigenvalue weighted by Crippen LogP contribution is 2.22. The van der Waals surface area contributed by atoms with Crippen LogP contribution >= 0.6 is 11.3 Å². The maximum absolute atomic E-state index is 12.2. The molecule has 1 aromatic carbocycles. The Morgan fingerprint density at radius 1 is 1.21 bits per heavy atom. The van der Waals surface area contributed by atoms with Gasteiger partial charge in [-0.3, -0.25) is 9.48 Å². The average molecular weight is 341 g/mol. The number of hydrogen-bond acceptors (Lipinski definition) is 4. The third-order valence-corrected chi connectivity index (χ3v) is 4.51. The highest BCUT2D eigenvalue weighted by Gasteiger charge is 2.08. The number of amides is 1. The summed E-state index contributed by atoms with van der Waals surface area (Å²) >= 11 is 1.63. The molecule has 0 saturated heterocycles. The van der Waals surface area contributed by atoms with E-state index in [2.05, 4.69) is 10.4 Å². The Balaban J connectivity index is 1.57. The van der Waals surface area contributed by atoms with Gasteiger partial charge in [-0.15, -0.1) is 11.3 Å². The first-order valence-electron chi connectivity index (χ1n) is 7.66. The second-order valence-corrected chi connectivity index (χ2v) is 6.30. The fourth-order valence-electron chi connectivity index (χ4n) is 2.43. The van der Waals surface area contributed by atoms with E-state index in [1.807, 2.05) is 54.0 Å². The van der Waals surface area contributed by atoms with E-state index in [4.69, 9.17) is 4.74 Å². The predicted octanol–water partition coefficient (Wildman–Crippen LogP) is 3.07. The number of aromatic nitrogens is 2. The van der Waals surface area contributed by atoms with Gasteiger partial charge in [-0.1, -0.05) is 30.3 Å². The van der Waals surface area contributed by atoms with Crippen LogP contribution in [0.1, 0.15) is 11.1 Å². The molecule has 0 aliphatic carbocycles. The van der Waals surface area contributed by atoms with Gasteiger partial charge in [-0.2, -0.15) is 5.10 Å². The SMILES string of the molecule is COCc1ccccc1CNC(=O)Cn1ccc(-c2cccs2)n1. The molecule has 0 unspecified atom stereocenters. The van der Waals surface area contributed by atoms with E-state index in [1.54, 1.807) is 23.1 Å². The first-order chi connectivity index (χ1) is 11.8. The van der Waals surface area contributed by atoms with Crippen LogP contribution in [0, 0.1) is 0 Å². The van der Waals surface area contributed by atoms with Crippen LogP contribution in [-0.4, -0.2) is 22.8 Å². The molecule has 1 N–H and O–H groups in total. The standard InChI is InChI=1S/C18H19N3O2S/c1-23-13-15-6-3-2-5-14(15)11-19-18(22)12-21-9-8-16(20-21)17-7-4-10-24-17/h2-10H,11-13H2,1H3,(H,19,22). The van der Waals surface area contributed by atoms with Crippen LogP contribution in [-0.2, 0) is 29.2 Å². The van der Waals surface area contributed by atoms with Crippen LogP contribution in [0.15, 0.2) is 54.0 Å². The van der Waals surface area contributed by atoms with Crippen molar-refractivity contribution in [2.75, 3.05) is 7.11 Å². The molecule has 5 nitrogen and oxygen atoms in total. The van der Waals surface area contributed by atoms with Crippen LogP contribution in [0.3, 0.4) is 0 Å². The predicted molar refractivity (Wildman–Crippen MR) is 94.5 cm³/mol. The number of carbonyl (C=O) groups is 1. The van der Waals surface area contributed by atoms with E-state index in [9.17, 15) is 4.79 Å². The van der Waals surface area contributed by atoms with E-state index in [0.717, 1.165) is 21.7 Å². The number of carbonyl (C=O) groups excluding carboxylic acids is 1. The van der Waals surface area contributed by atoms with Crippen LogP contribution in [0.4, 0.5) is 0 Å². The van der Waals surface area contributed by atoms with Crippen molar-refractivity contribution in [2.24, 2.45) is 0 Å². The Morgan fingerprint density at radius 3 is 2.79 bits per heavy atom. The summed E-state index contributed by atoms with van der Waals surface area (Å²) in [6.45, 7) is 1.23. The van der Waals surface area contributed by atoms with Gasteiger partial charge in [0.2, 0.25) is 5.91 Å². The summed E-state index contributed by atoms with van der Waals surface area (Å²) in [5.41, 5.74) is 3.04. The number of nitrogens with one attached hydrogen (secondary N) is 1. The molecule has 3 aromatic rings. The zero-order valence-corrected chi connectivity index (χ0v) is 14.3. The molecule has 124 valence electrons. The van der Waals surface area contributed by atoms with Gasteiger partial charge in [0.15, 0.2) is 0 Å². The first kappa shape index (κ1) is 16.4. The van der Waals surface area contributed by atoms with E-state index >= 15 is 0 Å². The summed E-state index contributed by atoms with van der Waals surface area (Å²) in [7, 11) is 1.66. The molecule has 0 bridgehead atoms. The van der Waals surface area contributed by atoms with Crippen molar-refractivity contribution in [3.8, 4) is 10.6 Å². The Hall–Kier alpha value is -2.44. The zero-order chi connectivity index (χ0) is 16.8. The number of methoxy groups -OCH3 is 1. The van der Waals surface area contributed by atoms with Crippen LogP contribution in [0.2, 0.25) is 0 Å². The third kappa shape index (κ3) is 4.10. The maximum Gasteiger partial charge on any atom is 0.241 e. The van der Waals surface area contributed by atoms with Gasteiger partial charge in [0, 0.05) is 19.9 Å². The monoisotopic (exact) mass is 341 g/mol. The largest absolute Gasteiger partial charge is 0.380 e. The maximum atomic E-state index is 12.2. The third-order valence-electron chi connectivity index (χ3n) is 3.61. The number of nitrogens with zero attached hydrogens (tertiary/aromatic N) is 2. The van der Waals surface area contributed by atoms with Gasteiger partial charge < -0.3 is 10.1 Å². The van der Waals surface area contributed by atoms with E-state index in [1.165, 1.54) is 0 Å². The smallest absolute Gasteiger partial charge is 0.241 e. The Bertz CT molecular complexity index is 796. The Morgan fingerprint density at radius 2 is 2.04 bits per heavy atom. The van der Waals surface area contributed by atoms with E-state index in [0.29, 0.717) is 13.2 Å². The summed E-state index contributed by atoms with van der Waals surface area (Å²) in [4.78, 5) is 13.2. The molecule has 1 amide bonds. The number of benzene rings is 1. The second-order valence-electron chi connectivity index (χ2n) is 5.35. The van der Waals surface area contributed by atoms with E-state index < -0.39 is 0 Å². The van der Waals surface area contributed by atoms with Crippen molar-refractivity contribution in [3.05, 3.63) is 65.2 Å². The van der Waals surface area contributed by atoms with E-state index in [-0.39, 0.29) is 12.5 Å². The van der Waals surface area contributed by atoms with Gasteiger partial charge in [0.05, 0.1) is 11.5 Å². The van der Waals surface area contributed by atoms with Gasteiger partial charge in [-0.25, -0.2) is 0 Å². The van der Waals surface area contributed by atoms with Crippen molar-refractivity contribution < 1.29 is 9.53 Å². The highest BCUT2D eigenvalue weighted by molar-refractivity contribution is 7.13. The van der Waals surface area contributed by atoms with Crippen molar-refractivity contribution in [1.29, 1.82) is 0 Å². The normalized spacial score (nSPS) is 10.7. The molecule has 0 fully saturated rings. The molecule has 2 aromatic heterocycles. The molecule has 3 rings (SSSR count). The van der Waals surface area contributed by atoms with Crippen molar-refractivity contribution in [1.82, 2.24) is 15.1 Å². The number of ether oxygens (including phenoxy) is 1. The van der Waals surface area contributed by atoms with Gasteiger partial charge in [0.25, 0.3) is 0 Å². The molecule has 24 heavy (non-hydrogen) atoms. The Kier molecular flexibility index (Phi) is 5.40. The fourth-order valence-corrected chi connectivity index (χ4v) is 3.12. The van der Waals surface area contributed by atoms with Gasteiger partial charge in [-0.05, 0) is 28.6 Å². The van der Waals surface area contributed by atoms with Gasteiger partial charge >= 0.3 is 0 Å². The number of rotatable bonds is 7. The Labute approximate surface area is 144 Å². The minimum atomic E-state index is -0.0666.